The van der Waals surface area contributed by atoms with Crippen LogP contribution < -0.4 is 5.56 Å². The summed E-state index contributed by atoms with van der Waals surface area (Å²) in [6.07, 6.45) is 2.04. The Bertz CT molecular complexity index is 1260. The first-order valence-corrected chi connectivity index (χ1v) is 9.87. The van der Waals surface area contributed by atoms with Crippen molar-refractivity contribution in [2.24, 2.45) is 5.10 Å². The summed E-state index contributed by atoms with van der Waals surface area (Å²) in [7, 11) is 0. The molecule has 0 N–H and O–H groups in total. The number of hydrogen-bond donors (Lipinski definition) is 0. The highest BCUT2D eigenvalue weighted by molar-refractivity contribution is 6.03. The first-order valence-electron chi connectivity index (χ1n) is 9.87. The van der Waals surface area contributed by atoms with Gasteiger partial charge in [0.1, 0.15) is 30.0 Å². The predicted octanol–water partition coefficient (Wildman–Crippen LogP) is 3.01. The van der Waals surface area contributed by atoms with Crippen LogP contribution >= 0.6 is 0 Å². The molecule has 1 aliphatic rings. The van der Waals surface area contributed by atoms with Crippen molar-refractivity contribution >= 4 is 11.6 Å². The molecule has 1 atom stereocenters. The number of furan rings is 1. The number of aromatic nitrogens is 2. The lowest BCUT2D eigenvalue weighted by atomic mass is 10.0. The van der Waals surface area contributed by atoms with E-state index in [0.717, 1.165) is 21.5 Å². The van der Waals surface area contributed by atoms with Crippen molar-refractivity contribution in [3.8, 4) is 6.07 Å². The molecule has 0 fully saturated rings. The molecule has 1 aromatic carbocycles. The number of hydrazone groups is 1. The van der Waals surface area contributed by atoms with Crippen molar-refractivity contribution in [2.75, 3.05) is 0 Å². The van der Waals surface area contributed by atoms with Gasteiger partial charge >= 0.3 is 0 Å². The van der Waals surface area contributed by atoms with Crippen LogP contribution in [-0.4, -0.2) is 26.4 Å². The SMILES string of the molecule is Cc1ccc(C2=NN(C(=O)Cn3nc(C)c(C)c(C#N)c3=O)C(c3ccco3)C2)cc1. The van der Waals surface area contributed by atoms with Gasteiger partial charge in [-0.05, 0) is 44.0 Å². The van der Waals surface area contributed by atoms with Crippen molar-refractivity contribution in [3.63, 3.8) is 0 Å². The van der Waals surface area contributed by atoms with E-state index in [4.69, 9.17) is 4.42 Å². The zero-order valence-electron chi connectivity index (χ0n) is 17.5. The van der Waals surface area contributed by atoms with Crippen LogP contribution in [0.1, 0.15) is 46.2 Å². The molecule has 4 rings (SSSR count). The van der Waals surface area contributed by atoms with E-state index in [0.29, 0.717) is 23.4 Å². The van der Waals surface area contributed by atoms with Crippen LogP contribution in [0.25, 0.3) is 0 Å². The number of carbonyl (C=O) groups excluding carboxylic acids is 1. The lowest BCUT2D eigenvalue weighted by molar-refractivity contribution is -0.134. The minimum atomic E-state index is -0.588. The van der Waals surface area contributed by atoms with Crippen LogP contribution in [0, 0.1) is 32.1 Å². The molecule has 3 heterocycles. The number of benzene rings is 1. The summed E-state index contributed by atoms with van der Waals surface area (Å²) in [5.74, 6) is 0.197. The molecular formula is C23H21N5O3. The number of aryl methyl sites for hydroxylation is 2. The average Bonchev–Trinajstić information content (AvgIpc) is 3.43. The van der Waals surface area contributed by atoms with Crippen molar-refractivity contribution in [2.45, 2.75) is 39.8 Å². The Labute approximate surface area is 179 Å². The molecule has 0 spiro atoms. The number of amides is 1. The van der Waals surface area contributed by atoms with Crippen LogP contribution in [0.5, 0.6) is 0 Å². The summed E-state index contributed by atoms with van der Waals surface area (Å²) >= 11 is 0. The first kappa shape index (κ1) is 20.3. The van der Waals surface area contributed by atoms with E-state index < -0.39 is 17.5 Å². The van der Waals surface area contributed by atoms with Crippen LogP contribution in [0.2, 0.25) is 0 Å². The smallest absolute Gasteiger partial charge is 0.285 e. The number of nitrogens with zero attached hydrogens (tertiary/aromatic N) is 5. The van der Waals surface area contributed by atoms with Crippen LogP contribution in [0.4, 0.5) is 0 Å². The van der Waals surface area contributed by atoms with Crippen molar-refractivity contribution < 1.29 is 9.21 Å². The van der Waals surface area contributed by atoms with Crippen LogP contribution in [0.3, 0.4) is 0 Å². The van der Waals surface area contributed by atoms with Crippen LogP contribution in [-0.2, 0) is 11.3 Å². The summed E-state index contributed by atoms with van der Waals surface area (Å²) < 4.78 is 6.58. The highest BCUT2D eigenvalue weighted by Crippen LogP contribution is 2.33. The second-order valence-electron chi connectivity index (χ2n) is 7.55. The molecule has 1 amide bonds. The van der Waals surface area contributed by atoms with Gasteiger partial charge in [0, 0.05) is 6.42 Å². The van der Waals surface area contributed by atoms with Gasteiger partial charge in [0.25, 0.3) is 11.5 Å². The highest BCUT2D eigenvalue weighted by atomic mass is 16.3. The van der Waals surface area contributed by atoms with Gasteiger partial charge in [-0.2, -0.15) is 15.5 Å². The Morgan fingerprint density at radius 1 is 1.23 bits per heavy atom. The molecule has 0 aliphatic carbocycles. The predicted molar refractivity (Wildman–Crippen MR) is 113 cm³/mol. The molecule has 0 saturated carbocycles. The lowest BCUT2D eigenvalue weighted by Crippen LogP contribution is -2.36. The van der Waals surface area contributed by atoms with Gasteiger partial charge in [-0.15, -0.1) is 0 Å². The van der Waals surface area contributed by atoms with E-state index in [1.165, 1.54) is 5.01 Å². The summed E-state index contributed by atoms with van der Waals surface area (Å²) in [5.41, 5.74) is 3.26. The number of carbonyl (C=O) groups is 1. The molecule has 31 heavy (non-hydrogen) atoms. The average molecular weight is 415 g/mol. The normalized spacial score (nSPS) is 15.6. The minimum Gasteiger partial charge on any atom is -0.467 e. The van der Waals surface area contributed by atoms with Gasteiger partial charge in [-0.1, -0.05) is 29.8 Å². The Hall–Kier alpha value is -3.99. The third kappa shape index (κ3) is 3.78. The maximum atomic E-state index is 13.2. The molecule has 8 nitrogen and oxygen atoms in total. The second-order valence-corrected chi connectivity index (χ2v) is 7.55. The van der Waals surface area contributed by atoms with Gasteiger partial charge in [0.15, 0.2) is 0 Å². The fraction of sp³-hybridized carbons (Fsp3) is 0.261. The largest absolute Gasteiger partial charge is 0.467 e. The zero-order valence-corrected chi connectivity index (χ0v) is 17.5. The number of hydrogen-bond acceptors (Lipinski definition) is 6. The third-order valence-corrected chi connectivity index (χ3v) is 5.46. The number of nitriles is 1. The Morgan fingerprint density at radius 3 is 2.61 bits per heavy atom. The highest BCUT2D eigenvalue weighted by Gasteiger charge is 2.35. The molecule has 1 unspecified atom stereocenters. The summed E-state index contributed by atoms with van der Waals surface area (Å²) in [6.45, 7) is 5.05. The van der Waals surface area contributed by atoms with Gasteiger partial charge in [0.05, 0.1) is 17.7 Å². The first-order chi connectivity index (χ1) is 14.9. The summed E-state index contributed by atoms with van der Waals surface area (Å²) in [6, 6.07) is 13.0. The van der Waals surface area contributed by atoms with Crippen molar-refractivity contribution in [1.82, 2.24) is 14.8 Å². The fourth-order valence-electron chi connectivity index (χ4n) is 3.57. The van der Waals surface area contributed by atoms with E-state index in [9.17, 15) is 14.9 Å². The van der Waals surface area contributed by atoms with Gasteiger partial charge in [-0.3, -0.25) is 9.59 Å². The molecule has 0 saturated heterocycles. The second kappa shape index (κ2) is 8.03. The maximum Gasteiger partial charge on any atom is 0.285 e. The molecular weight excluding hydrogens is 394 g/mol. The van der Waals surface area contributed by atoms with E-state index in [-0.39, 0.29) is 12.1 Å². The van der Waals surface area contributed by atoms with Gasteiger partial charge < -0.3 is 4.42 Å². The lowest BCUT2D eigenvalue weighted by Gasteiger charge is -2.20. The topological polar surface area (TPSA) is 104 Å². The molecule has 0 radical (unpaired) electrons. The molecule has 156 valence electrons. The molecule has 2 aromatic heterocycles. The van der Waals surface area contributed by atoms with E-state index in [1.807, 2.05) is 37.3 Å². The Morgan fingerprint density at radius 2 is 1.97 bits per heavy atom. The molecule has 8 heteroatoms. The third-order valence-electron chi connectivity index (χ3n) is 5.46. The maximum absolute atomic E-state index is 13.2. The van der Waals surface area contributed by atoms with E-state index in [1.54, 1.807) is 32.2 Å². The zero-order chi connectivity index (χ0) is 22.1. The molecule has 0 bridgehead atoms. The standard InChI is InChI=1S/C23H21N5O3/c1-14-6-8-17(9-7-14)19-11-20(21-5-4-10-31-21)28(26-19)22(29)13-27-23(30)18(12-24)15(2)16(3)25-27/h4-10,20H,11,13H2,1-3H3. The Balaban J connectivity index is 1.69. The van der Waals surface area contributed by atoms with E-state index >= 15 is 0 Å². The summed E-state index contributed by atoms with van der Waals surface area (Å²) in [5, 5.41) is 19.4. The van der Waals surface area contributed by atoms with Gasteiger partial charge in [0.2, 0.25) is 0 Å². The molecule has 1 aliphatic heterocycles. The van der Waals surface area contributed by atoms with E-state index in [2.05, 4.69) is 10.2 Å². The molecule has 3 aromatic rings. The van der Waals surface area contributed by atoms with Crippen molar-refractivity contribution in [3.05, 3.63) is 86.7 Å². The quantitative estimate of drug-likeness (QED) is 0.651. The fourth-order valence-corrected chi connectivity index (χ4v) is 3.57. The Kier molecular flexibility index (Phi) is 5.26. The van der Waals surface area contributed by atoms with Crippen molar-refractivity contribution in [1.29, 1.82) is 5.26 Å². The monoisotopic (exact) mass is 415 g/mol. The summed E-state index contributed by atoms with van der Waals surface area (Å²) in [4.78, 5) is 25.8. The van der Waals surface area contributed by atoms with Gasteiger partial charge in [-0.25, -0.2) is 9.69 Å². The minimum absolute atomic E-state index is 0.00634. The van der Waals surface area contributed by atoms with Crippen LogP contribution in [0.15, 0.2) is 57.0 Å². The number of rotatable bonds is 4.